The highest BCUT2D eigenvalue weighted by Crippen LogP contribution is 2.15. The van der Waals surface area contributed by atoms with Crippen molar-refractivity contribution in [3.63, 3.8) is 0 Å². The van der Waals surface area contributed by atoms with E-state index in [4.69, 9.17) is 0 Å². The van der Waals surface area contributed by atoms with Crippen molar-refractivity contribution in [1.82, 2.24) is 0 Å². The van der Waals surface area contributed by atoms with Crippen LogP contribution in [0.1, 0.15) is 32.8 Å². The van der Waals surface area contributed by atoms with Gasteiger partial charge in [-0.2, -0.15) is 0 Å². The zero-order chi connectivity index (χ0) is 11.4. The standard InChI is InChI=1S/C13H19NO.H2/c1-5-11(4)13(15)14-12-7-9(2)6-10(3)8-12;/h6-8,11H,5H2,1-4H3,(H,14,15);1H. The molecule has 0 radical (unpaired) electrons. The zero-order valence-corrected chi connectivity index (χ0v) is 9.92. The summed E-state index contributed by atoms with van der Waals surface area (Å²) >= 11 is 0. The SMILES string of the molecule is CCC(C)C(=O)Nc1cc(C)cc(C)c1.[HH]. The smallest absolute Gasteiger partial charge is 0.227 e. The number of hydrogen-bond donors (Lipinski definition) is 1. The summed E-state index contributed by atoms with van der Waals surface area (Å²) in [5, 5.41) is 2.94. The minimum Gasteiger partial charge on any atom is -0.326 e. The van der Waals surface area contributed by atoms with Gasteiger partial charge in [0.2, 0.25) is 5.91 Å². The first kappa shape index (κ1) is 11.8. The summed E-state index contributed by atoms with van der Waals surface area (Å²) in [5.74, 6) is 0.174. The topological polar surface area (TPSA) is 29.1 Å². The molecule has 0 aromatic heterocycles. The Balaban J connectivity index is 0.00000225. The van der Waals surface area contributed by atoms with Crippen molar-refractivity contribution in [2.75, 3.05) is 5.32 Å². The molecule has 1 unspecified atom stereocenters. The third-order valence-corrected chi connectivity index (χ3v) is 2.55. The normalized spacial score (nSPS) is 12.3. The van der Waals surface area contributed by atoms with Crippen LogP contribution in [0.3, 0.4) is 0 Å². The second-order valence-corrected chi connectivity index (χ2v) is 4.17. The zero-order valence-electron chi connectivity index (χ0n) is 9.92. The number of nitrogens with one attached hydrogen (secondary N) is 1. The average Bonchev–Trinajstić information content (AvgIpc) is 2.14. The monoisotopic (exact) mass is 207 g/mol. The van der Waals surface area contributed by atoms with Crippen molar-refractivity contribution in [3.05, 3.63) is 29.3 Å². The molecule has 15 heavy (non-hydrogen) atoms. The van der Waals surface area contributed by atoms with Crippen molar-refractivity contribution < 1.29 is 6.22 Å². The predicted molar refractivity (Wildman–Crippen MR) is 66.1 cm³/mol. The fourth-order valence-corrected chi connectivity index (χ4v) is 1.50. The van der Waals surface area contributed by atoms with Crippen LogP contribution >= 0.6 is 0 Å². The molecule has 0 spiro atoms. The van der Waals surface area contributed by atoms with Crippen LogP contribution in [0.5, 0.6) is 0 Å². The van der Waals surface area contributed by atoms with Gasteiger partial charge in [-0.3, -0.25) is 4.79 Å². The van der Waals surface area contributed by atoms with Crippen LogP contribution in [0.2, 0.25) is 0 Å². The molecule has 84 valence electrons. The van der Waals surface area contributed by atoms with Crippen LogP contribution in [0.4, 0.5) is 5.69 Å². The van der Waals surface area contributed by atoms with Crippen LogP contribution in [-0.2, 0) is 4.79 Å². The molecule has 2 heteroatoms. The first-order valence-corrected chi connectivity index (χ1v) is 5.42. The third-order valence-electron chi connectivity index (χ3n) is 2.55. The summed E-state index contributed by atoms with van der Waals surface area (Å²) in [4.78, 5) is 11.7. The maximum Gasteiger partial charge on any atom is 0.227 e. The van der Waals surface area contributed by atoms with E-state index in [1.807, 2.05) is 39.8 Å². The van der Waals surface area contributed by atoms with Crippen molar-refractivity contribution in [1.29, 1.82) is 0 Å². The summed E-state index contributed by atoms with van der Waals surface area (Å²) < 4.78 is 0. The molecule has 1 aromatic carbocycles. The number of carbonyl (C=O) groups is 1. The summed E-state index contributed by atoms with van der Waals surface area (Å²) in [6, 6.07) is 6.08. The van der Waals surface area contributed by atoms with Gasteiger partial charge in [0.25, 0.3) is 0 Å². The van der Waals surface area contributed by atoms with E-state index in [0.717, 1.165) is 12.1 Å². The fourth-order valence-electron chi connectivity index (χ4n) is 1.50. The molecule has 0 bridgehead atoms. The molecule has 1 atom stereocenters. The highest BCUT2D eigenvalue weighted by atomic mass is 16.1. The molecule has 0 saturated heterocycles. The Kier molecular flexibility index (Phi) is 3.89. The molecule has 1 rings (SSSR count). The largest absolute Gasteiger partial charge is 0.326 e. The van der Waals surface area contributed by atoms with Gasteiger partial charge in [-0.15, -0.1) is 0 Å². The lowest BCUT2D eigenvalue weighted by Crippen LogP contribution is -2.19. The number of hydrogen-bond acceptors (Lipinski definition) is 1. The van der Waals surface area contributed by atoms with Gasteiger partial charge in [0, 0.05) is 13.0 Å². The Bertz CT molecular complexity index is 343. The number of anilines is 1. The van der Waals surface area contributed by atoms with E-state index in [1.165, 1.54) is 11.1 Å². The minimum absolute atomic E-state index is 0. The Morgan fingerprint density at radius 3 is 2.33 bits per heavy atom. The van der Waals surface area contributed by atoms with Gasteiger partial charge in [0.1, 0.15) is 0 Å². The number of aryl methyl sites for hydroxylation is 2. The van der Waals surface area contributed by atoms with Gasteiger partial charge in [0.15, 0.2) is 0 Å². The molecular formula is C13H21NO. The van der Waals surface area contributed by atoms with Gasteiger partial charge < -0.3 is 5.32 Å². The maximum absolute atomic E-state index is 11.7. The number of benzene rings is 1. The average molecular weight is 207 g/mol. The van der Waals surface area contributed by atoms with Gasteiger partial charge in [0.05, 0.1) is 0 Å². The third kappa shape index (κ3) is 3.39. The minimum atomic E-state index is 0. The molecule has 1 amide bonds. The van der Waals surface area contributed by atoms with Crippen LogP contribution in [-0.4, -0.2) is 5.91 Å². The van der Waals surface area contributed by atoms with Crippen LogP contribution in [0.25, 0.3) is 0 Å². The second kappa shape index (κ2) is 4.96. The molecule has 0 fully saturated rings. The summed E-state index contributed by atoms with van der Waals surface area (Å²) in [6.45, 7) is 8.03. The first-order valence-electron chi connectivity index (χ1n) is 5.42. The molecule has 0 aliphatic rings. The van der Waals surface area contributed by atoms with E-state index in [2.05, 4.69) is 11.4 Å². The Hall–Kier alpha value is -1.31. The van der Waals surface area contributed by atoms with Crippen molar-refractivity contribution in [2.45, 2.75) is 34.1 Å². The number of carbonyl (C=O) groups excluding carboxylic acids is 1. The molecule has 0 heterocycles. The van der Waals surface area contributed by atoms with E-state index >= 15 is 0 Å². The van der Waals surface area contributed by atoms with Crippen molar-refractivity contribution in [2.24, 2.45) is 5.92 Å². The van der Waals surface area contributed by atoms with Crippen LogP contribution in [0, 0.1) is 19.8 Å². The van der Waals surface area contributed by atoms with E-state index in [-0.39, 0.29) is 13.3 Å². The summed E-state index contributed by atoms with van der Waals surface area (Å²) in [7, 11) is 0. The summed E-state index contributed by atoms with van der Waals surface area (Å²) in [6.07, 6.45) is 0.872. The van der Waals surface area contributed by atoms with Gasteiger partial charge in [-0.05, 0) is 43.5 Å². The number of rotatable bonds is 3. The van der Waals surface area contributed by atoms with Crippen molar-refractivity contribution >= 4 is 11.6 Å². The fraction of sp³-hybridized carbons (Fsp3) is 0.462. The molecule has 1 aromatic rings. The van der Waals surface area contributed by atoms with Gasteiger partial charge in [-0.25, -0.2) is 0 Å². The van der Waals surface area contributed by atoms with Gasteiger partial charge >= 0.3 is 0 Å². The highest BCUT2D eigenvalue weighted by molar-refractivity contribution is 5.92. The number of amides is 1. The highest BCUT2D eigenvalue weighted by Gasteiger charge is 2.10. The quantitative estimate of drug-likeness (QED) is 0.807. The molecule has 1 N–H and O–H groups in total. The first-order chi connectivity index (χ1) is 7.02. The Labute approximate surface area is 93.2 Å². The van der Waals surface area contributed by atoms with Crippen LogP contribution < -0.4 is 5.32 Å². The Morgan fingerprint density at radius 2 is 1.87 bits per heavy atom. The van der Waals surface area contributed by atoms with Crippen LogP contribution in [0.15, 0.2) is 18.2 Å². The molecule has 0 aliphatic heterocycles. The second-order valence-electron chi connectivity index (χ2n) is 4.17. The van der Waals surface area contributed by atoms with E-state index in [1.54, 1.807) is 0 Å². The van der Waals surface area contributed by atoms with E-state index in [9.17, 15) is 4.79 Å². The molecule has 2 nitrogen and oxygen atoms in total. The lowest BCUT2D eigenvalue weighted by molar-refractivity contribution is -0.119. The predicted octanol–water partition coefficient (Wildman–Crippen LogP) is 3.53. The molecular weight excluding hydrogens is 186 g/mol. The van der Waals surface area contributed by atoms with E-state index in [0.29, 0.717) is 0 Å². The van der Waals surface area contributed by atoms with E-state index < -0.39 is 0 Å². The lowest BCUT2D eigenvalue weighted by atomic mass is 10.1. The summed E-state index contributed by atoms with van der Waals surface area (Å²) in [5.41, 5.74) is 3.25. The lowest BCUT2D eigenvalue weighted by Gasteiger charge is -2.11. The molecule has 0 aliphatic carbocycles. The molecule has 0 saturated carbocycles. The maximum atomic E-state index is 11.7. The van der Waals surface area contributed by atoms with Crippen molar-refractivity contribution in [3.8, 4) is 0 Å². The Morgan fingerprint density at radius 1 is 1.33 bits per heavy atom. The van der Waals surface area contributed by atoms with Gasteiger partial charge in [-0.1, -0.05) is 19.9 Å².